The normalized spacial score (nSPS) is 18.9. The summed E-state index contributed by atoms with van der Waals surface area (Å²) in [5, 5.41) is 0. The molecule has 0 bridgehead atoms. The Bertz CT molecular complexity index is 441. The number of halogens is 2. The van der Waals surface area contributed by atoms with E-state index in [-0.39, 0.29) is 5.82 Å². The van der Waals surface area contributed by atoms with Gasteiger partial charge in [0.1, 0.15) is 5.82 Å². The van der Waals surface area contributed by atoms with Gasteiger partial charge in [-0.3, -0.25) is 0 Å². The van der Waals surface area contributed by atoms with E-state index in [2.05, 4.69) is 16.8 Å². The van der Waals surface area contributed by atoms with Gasteiger partial charge >= 0.3 is 0 Å². The van der Waals surface area contributed by atoms with Crippen molar-refractivity contribution in [1.29, 1.82) is 0 Å². The van der Waals surface area contributed by atoms with Crippen molar-refractivity contribution in [3.8, 4) is 0 Å². The molecule has 1 aliphatic rings. The van der Waals surface area contributed by atoms with E-state index < -0.39 is 11.6 Å². The van der Waals surface area contributed by atoms with Crippen LogP contribution in [0.5, 0.6) is 0 Å². The van der Waals surface area contributed by atoms with E-state index in [1.807, 2.05) is 4.90 Å². The molecule has 1 aromatic rings. The summed E-state index contributed by atoms with van der Waals surface area (Å²) >= 11 is 0. The lowest BCUT2D eigenvalue weighted by Gasteiger charge is -2.24. The summed E-state index contributed by atoms with van der Waals surface area (Å²) < 4.78 is 26.7. The van der Waals surface area contributed by atoms with Gasteiger partial charge in [0.25, 0.3) is 0 Å². The van der Waals surface area contributed by atoms with Crippen molar-refractivity contribution in [3.05, 3.63) is 23.9 Å². The Labute approximate surface area is 118 Å². The molecule has 1 atom stereocenters. The standard InChI is InChI=1S/C14H22F2N4/c1-11(8-17)10-19-3-2-4-20(6-5-19)14-13(16)7-12(15)9-18-14/h7,9,11H,2-6,8,10,17H2,1H3. The average Bonchev–Trinajstić information content (AvgIpc) is 2.64. The third-order valence-corrected chi connectivity index (χ3v) is 3.65. The van der Waals surface area contributed by atoms with Crippen molar-refractivity contribution in [2.24, 2.45) is 11.7 Å². The van der Waals surface area contributed by atoms with Gasteiger partial charge in [-0.2, -0.15) is 0 Å². The van der Waals surface area contributed by atoms with E-state index in [0.29, 0.717) is 19.0 Å². The number of anilines is 1. The molecule has 0 amide bonds. The van der Waals surface area contributed by atoms with E-state index in [0.717, 1.165) is 44.9 Å². The fourth-order valence-corrected chi connectivity index (χ4v) is 2.52. The average molecular weight is 284 g/mol. The Balaban J connectivity index is 1.98. The number of nitrogens with zero attached hydrogens (tertiary/aromatic N) is 3. The van der Waals surface area contributed by atoms with Crippen LogP contribution in [0.1, 0.15) is 13.3 Å². The predicted octanol–water partition coefficient (Wildman–Crippen LogP) is 1.47. The summed E-state index contributed by atoms with van der Waals surface area (Å²) in [6.07, 6.45) is 2.01. The van der Waals surface area contributed by atoms with Crippen molar-refractivity contribution in [2.45, 2.75) is 13.3 Å². The molecule has 1 aliphatic heterocycles. The van der Waals surface area contributed by atoms with E-state index >= 15 is 0 Å². The molecule has 0 spiro atoms. The van der Waals surface area contributed by atoms with Crippen LogP contribution in [0.2, 0.25) is 0 Å². The minimum Gasteiger partial charge on any atom is -0.353 e. The highest BCUT2D eigenvalue weighted by molar-refractivity contribution is 5.40. The third-order valence-electron chi connectivity index (χ3n) is 3.65. The highest BCUT2D eigenvalue weighted by atomic mass is 19.1. The fraction of sp³-hybridized carbons (Fsp3) is 0.643. The van der Waals surface area contributed by atoms with Gasteiger partial charge in [-0.05, 0) is 25.4 Å². The van der Waals surface area contributed by atoms with Gasteiger partial charge in [-0.1, -0.05) is 6.92 Å². The quantitative estimate of drug-likeness (QED) is 0.909. The number of pyridine rings is 1. The van der Waals surface area contributed by atoms with Crippen LogP contribution in [0.3, 0.4) is 0 Å². The van der Waals surface area contributed by atoms with Crippen LogP contribution < -0.4 is 10.6 Å². The van der Waals surface area contributed by atoms with Gasteiger partial charge in [-0.15, -0.1) is 0 Å². The van der Waals surface area contributed by atoms with Crippen LogP contribution in [0.4, 0.5) is 14.6 Å². The fourth-order valence-electron chi connectivity index (χ4n) is 2.52. The van der Waals surface area contributed by atoms with Gasteiger partial charge in [0.05, 0.1) is 6.20 Å². The topological polar surface area (TPSA) is 45.4 Å². The molecule has 1 unspecified atom stereocenters. The van der Waals surface area contributed by atoms with Crippen LogP contribution in [0, 0.1) is 17.6 Å². The zero-order valence-electron chi connectivity index (χ0n) is 11.9. The second-order valence-corrected chi connectivity index (χ2v) is 5.44. The maximum atomic E-state index is 13.8. The van der Waals surface area contributed by atoms with Crippen LogP contribution in [0.25, 0.3) is 0 Å². The first-order valence-electron chi connectivity index (χ1n) is 7.08. The molecule has 2 N–H and O–H groups in total. The van der Waals surface area contributed by atoms with Crippen molar-refractivity contribution < 1.29 is 8.78 Å². The van der Waals surface area contributed by atoms with Gasteiger partial charge in [0.2, 0.25) is 0 Å². The molecule has 0 aromatic carbocycles. The Morgan fingerprint density at radius 3 is 2.80 bits per heavy atom. The van der Waals surface area contributed by atoms with Crippen molar-refractivity contribution in [2.75, 3.05) is 44.2 Å². The van der Waals surface area contributed by atoms with Gasteiger partial charge in [0, 0.05) is 32.2 Å². The summed E-state index contributed by atoms with van der Waals surface area (Å²) in [6.45, 7) is 7.03. The number of hydrogen-bond donors (Lipinski definition) is 1. The molecule has 4 nitrogen and oxygen atoms in total. The monoisotopic (exact) mass is 284 g/mol. The zero-order chi connectivity index (χ0) is 14.5. The molecule has 20 heavy (non-hydrogen) atoms. The van der Waals surface area contributed by atoms with Crippen molar-refractivity contribution >= 4 is 5.82 Å². The highest BCUT2D eigenvalue weighted by Crippen LogP contribution is 2.18. The number of hydrogen-bond acceptors (Lipinski definition) is 4. The minimum absolute atomic E-state index is 0.250. The molecule has 0 saturated carbocycles. The second-order valence-electron chi connectivity index (χ2n) is 5.44. The second kappa shape index (κ2) is 6.95. The SMILES string of the molecule is CC(CN)CN1CCCN(c2ncc(F)cc2F)CC1. The zero-order valence-corrected chi connectivity index (χ0v) is 11.9. The highest BCUT2D eigenvalue weighted by Gasteiger charge is 2.19. The lowest BCUT2D eigenvalue weighted by molar-refractivity contribution is 0.255. The summed E-state index contributed by atoms with van der Waals surface area (Å²) in [6, 6.07) is 0.890. The maximum Gasteiger partial charge on any atom is 0.168 e. The lowest BCUT2D eigenvalue weighted by atomic mass is 10.1. The molecule has 1 saturated heterocycles. The Morgan fingerprint density at radius 2 is 2.10 bits per heavy atom. The first kappa shape index (κ1) is 15.1. The van der Waals surface area contributed by atoms with Gasteiger partial charge < -0.3 is 15.5 Å². The maximum absolute atomic E-state index is 13.8. The molecule has 0 aliphatic carbocycles. The van der Waals surface area contributed by atoms with Crippen LogP contribution in [-0.2, 0) is 0 Å². The smallest absolute Gasteiger partial charge is 0.168 e. The van der Waals surface area contributed by atoms with E-state index in [4.69, 9.17) is 5.73 Å². The van der Waals surface area contributed by atoms with Crippen molar-refractivity contribution in [3.63, 3.8) is 0 Å². The Hall–Kier alpha value is -1.27. The third kappa shape index (κ3) is 3.86. The molecular formula is C14H22F2N4. The molecule has 0 radical (unpaired) electrons. The van der Waals surface area contributed by atoms with Crippen LogP contribution in [-0.4, -0.2) is 49.2 Å². The summed E-state index contributed by atoms with van der Waals surface area (Å²) in [5.41, 5.74) is 5.65. The summed E-state index contributed by atoms with van der Waals surface area (Å²) in [5.74, 6) is -0.518. The first-order valence-corrected chi connectivity index (χ1v) is 7.08. The molecule has 112 valence electrons. The minimum atomic E-state index is -0.639. The van der Waals surface area contributed by atoms with E-state index in [9.17, 15) is 8.78 Å². The molecule has 1 fully saturated rings. The Kier molecular flexibility index (Phi) is 5.25. The van der Waals surface area contributed by atoms with Gasteiger partial charge in [0.15, 0.2) is 11.6 Å². The van der Waals surface area contributed by atoms with Crippen LogP contribution in [0.15, 0.2) is 12.3 Å². The van der Waals surface area contributed by atoms with E-state index in [1.165, 1.54) is 0 Å². The molecule has 6 heteroatoms. The lowest BCUT2D eigenvalue weighted by Crippen LogP contribution is -2.35. The molecule has 2 heterocycles. The predicted molar refractivity (Wildman–Crippen MR) is 75.6 cm³/mol. The summed E-state index contributed by atoms with van der Waals surface area (Å²) in [4.78, 5) is 8.12. The molecular weight excluding hydrogens is 262 g/mol. The Morgan fingerprint density at radius 1 is 1.30 bits per heavy atom. The van der Waals surface area contributed by atoms with Gasteiger partial charge in [-0.25, -0.2) is 13.8 Å². The number of nitrogens with two attached hydrogens (primary N) is 1. The van der Waals surface area contributed by atoms with Crippen LogP contribution >= 0.6 is 0 Å². The number of rotatable bonds is 4. The first-order chi connectivity index (χ1) is 9.60. The van der Waals surface area contributed by atoms with Crippen molar-refractivity contribution in [1.82, 2.24) is 9.88 Å². The molecule has 2 rings (SSSR count). The largest absolute Gasteiger partial charge is 0.353 e. The molecule has 1 aromatic heterocycles. The summed E-state index contributed by atoms with van der Waals surface area (Å²) in [7, 11) is 0. The number of aromatic nitrogens is 1. The van der Waals surface area contributed by atoms with E-state index in [1.54, 1.807) is 0 Å².